The third-order valence-electron chi connectivity index (χ3n) is 2.79. The molecular weight excluding hydrogens is 327 g/mol. The van der Waals surface area contributed by atoms with Crippen LogP contribution in [-0.4, -0.2) is 35.2 Å². The van der Waals surface area contributed by atoms with Crippen LogP contribution in [0, 0.1) is 5.92 Å². The number of halogens is 5. The van der Waals surface area contributed by atoms with E-state index in [4.69, 9.17) is 4.74 Å². The van der Waals surface area contributed by atoms with Crippen molar-refractivity contribution in [1.29, 1.82) is 0 Å². The average molecular weight is 350 g/mol. The van der Waals surface area contributed by atoms with E-state index in [9.17, 15) is 26.7 Å². The Bertz CT molecular complexity index is 343. The van der Waals surface area contributed by atoms with E-state index in [1.807, 2.05) is 13.8 Å². The van der Waals surface area contributed by atoms with Gasteiger partial charge in [-0.15, -0.1) is 11.8 Å². The molecule has 0 aliphatic heterocycles. The minimum absolute atomic E-state index is 0.00661. The predicted molar refractivity (Wildman–Crippen MR) is 77.2 cm³/mol. The van der Waals surface area contributed by atoms with Crippen LogP contribution >= 0.6 is 11.8 Å². The SMILES string of the molecule is CC(C)OC(=O)C(SCCCCC(F)(F)C(F)(F)F)C(C)C. The molecule has 132 valence electrons. The zero-order valence-corrected chi connectivity index (χ0v) is 14.0. The molecule has 1 atom stereocenters. The van der Waals surface area contributed by atoms with Gasteiger partial charge in [0.05, 0.1) is 6.10 Å². The Kier molecular flexibility index (Phi) is 8.72. The zero-order valence-electron chi connectivity index (χ0n) is 13.2. The highest BCUT2D eigenvalue weighted by Gasteiger charge is 2.56. The van der Waals surface area contributed by atoms with E-state index in [0.717, 1.165) is 0 Å². The van der Waals surface area contributed by atoms with Crippen LogP contribution in [0.1, 0.15) is 47.0 Å². The van der Waals surface area contributed by atoms with Gasteiger partial charge in [-0.25, -0.2) is 0 Å². The number of hydrogen-bond acceptors (Lipinski definition) is 3. The number of esters is 1. The van der Waals surface area contributed by atoms with Gasteiger partial charge >= 0.3 is 18.1 Å². The minimum atomic E-state index is -5.50. The molecular formula is C14H23F5O2S. The molecule has 0 N–H and O–H groups in total. The van der Waals surface area contributed by atoms with Crippen LogP contribution in [-0.2, 0) is 9.53 Å². The third kappa shape index (κ3) is 7.65. The van der Waals surface area contributed by atoms with Crippen LogP contribution in [0.15, 0.2) is 0 Å². The molecule has 0 aromatic heterocycles. The van der Waals surface area contributed by atoms with Gasteiger partial charge in [0.1, 0.15) is 5.25 Å². The number of ether oxygens (including phenoxy) is 1. The number of carbonyl (C=O) groups is 1. The number of rotatable bonds is 9. The highest BCUT2D eigenvalue weighted by molar-refractivity contribution is 8.00. The molecule has 0 fully saturated rings. The summed E-state index contributed by atoms with van der Waals surface area (Å²) >= 11 is 1.24. The van der Waals surface area contributed by atoms with E-state index in [1.165, 1.54) is 11.8 Å². The van der Waals surface area contributed by atoms with Crippen LogP contribution in [0.25, 0.3) is 0 Å². The smallest absolute Gasteiger partial charge is 0.453 e. The lowest BCUT2D eigenvalue weighted by Gasteiger charge is -2.21. The van der Waals surface area contributed by atoms with Crippen LogP contribution in [0.2, 0.25) is 0 Å². The first kappa shape index (κ1) is 21.5. The van der Waals surface area contributed by atoms with Crippen molar-refractivity contribution in [2.24, 2.45) is 5.92 Å². The fourth-order valence-corrected chi connectivity index (χ4v) is 2.83. The molecule has 0 bridgehead atoms. The second-order valence-electron chi connectivity index (χ2n) is 5.68. The second-order valence-corrected chi connectivity index (χ2v) is 6.93. The molecule has 0 aliphatic carbocycles. The van der Waals surface area contributed by atoms with Gasteiger partial charge in [-0.3, -0.25) is 4.79 Å². The van der Waals surface area contributed by atoms with Crippen molar-refractivity contribution in [2.45, 2.75) is 70.4 Å². The number of thioether (sulfide) groups is 1. The summed E-state index contributed by atoms with van der Waals surface area (Å²) in [6, 6.07) is 0. The van der Waals surface area contributed by atoms with Crippen LogP contribution < -0.4 is 0 Å². The zero-order chi connectivity index (χ0) is 17.6. The maximum atomic E-state index is 12.7. The number of alkyl halides is 5. The normalized spacial score (nSPS) is 14.5. The lowest BCUT2D eigenvalue weighted by Crippen LogP contribution is -2.36. The summed E-state index contributed by atoms with van der Waals surface area (Å²) in [7, 11) is 0. The van der Waals surface area contributed by atoms with E-state index in [1.54, 1.807) is 13.8 Å². The molecule has 0 saturated heterocycles. The van der Waals surface area contributed by atoms with Gasteiger partial charge in [-0.2, -0.15) is 22.0 Å². The van der Waals surface area contributed by atoms with Gasteiger partial charge in [-0.1, -0.05) is 13.8 Å². The van der Waals surface area contributed by atoms with E-state index in [2.05, 4.69) is 0 Å². The lowest BCUT2D eigenvalue weighted by atomic mass is 10.1. The molecule has 0 rings (SSSR count). The molecule has 0 aromatic carbocycles. The molecule has 0 heterocycles. The summed E-state index contributed by atoms with van der Waals surface area (Å²) in [5, 5.41) is -0.439. The Morgan fingerprint density at radius 1 is 1.05 bits per heavy atom. The van der Waals surface area contributed by atoms with Gasteiger partial charge in [0, 0.05) is 6.42 Å². The molecule has 8 heteroatoms. The molecule has 2 nitrogen and oxygen atoms in total. The molecule has 0 aliphatic rings. The van der Waals surface area contributed by atoms with Gasteiger partial charge in [-0.05, 0) is 38.4 Å². The van der Waals surface area contributed by atoms with E-state index in [-0.39, 0.29) is 30.8 Å². The Hall–Kier alpha value is -0.530. The van der Waals surface area contributed by atoms with Crippen molar-refractivity contribution in [3.05, 3.63) is 0 Å². The third-order valence-corrected chi connectivity index (χ3v) is 4.41. The lowest BCUT2D eigenvalue weighted by molar-refractivity contribution is -0.284. The fraction of sp³-hybridized carbons (Fsp3) is 0.929. The maximum Gasteiger partial charge on any atom is 0.453 e. The molecule has 0 amide bonds. The predicted octanol–water partition coefficient (Wildman–Crippen LogP) is 5.06. The average Bonchev–Trinajstić information content (AvgIpc) is 2.30. The van der Waals surface area contributed by atoms with Gasteiger partial charge < -0.3 is 4.74 Å². The Labute approximate surface area is 132 Å². The number of hydrogen-bond donors (Lipinski definition) is 0. The minimum Gasteiger partial charge on any atom is -0.462 e. The van der Waals surface area contributed by atoms with Gasteiger partial charge in [0.15, 0.2) is 0 Å². The van der Waals surface area contributed by atoms with E-state index in [0.29, 0.717) is 5.75 Å². The number of carbonyl (C=O) groups excluding carboxylic acids is 1. The molecule has 0 saturated carbocycles. The van der Waals surface area contributed by atoms with Crippen molar-refractivity contribution in [2.75, 3.05) is 5.75 Å². The Morgan fingerprint density at radius 3 is 2.00 bits per heavy atom. The number of unbranched alkanes of at least 4 members (excludes halogenated alkanes) is 1. The van der Waals surface area contributed by atoms with Crippen LogP contribution in [0.4, 0.5) is 22.0 Å². The first-order valence-electron chi connectivity index (χ1n) is 7.15. The quantitative estimate of drug-likeness (QED) is 0.330. The highest BCUT2D eigenvalue weighted by atomic mass is 32.2. The standard InChI is InChI=1S/C14H23F5O2S/c1-9(2)11(12(20)21-10(3)4)22-8-6-5-7-13(15,16)14(17,18)19/h9-11H,5-8H2,1-4H3. The van der Waals surface area contributed by atoms with E-state index >= 15 is 0 Å². The van der Waals surface area contributed by atoms with Crippen LogP contribution in [0.3, 0.4) is 0 Å². The first-order chi connectivity index (χ1) is 9.88. The van der Waals surface area contributed by atoms with Gasteiger partial charge in [0.25, 0.3) is 0 Å². The topological polar surface area (TPSA) is 26.3 Å². The maximum absolute atomic E-state index is 12.7. The van der Waals surface area contributed by atoms with Crippen molar-refractivity contribution in [3.8, 4) is 0 Å². The van der Waals surface area contributed by atoms with Gasteiger partial charge in [0.2, 0.25) is 0 Å². The summed E-state index contributed by atoms with van der Waals surface area (Å²) in [5.41, 5.74) is 0. The monoisotopic (exact) mass is 350 g/mol. The Morgan fingerprint density at radius 2 is 1.59 bits per heavy atom. The first-order valence-corrected chi connectivity index (χ1v) is 8.20. The second kappa shape index (κ2) is 8.93. The van der Waals surface area contributed by atoms with Crippen molar-refractivity contribution < 1.29 is 31.5 Å². The van der Waals surface area contributed by atoms with Crippen LogP contribution in [0.5, 0.6) is 0 Å². The molecule has 0 aromatic rings. The molecule has 1 unspecified atom stereocenters. The summed E-state index contributed by atoms with van der Waals surface area (Å²) in [6.45, 7) is 7.10. The summed E-state index contributed by atoms with van der Waals surface area (Å²) < 4.78 is 66.5. The summed E-state index contributed by atoms with van der Waals surface area (Å²) in [6.07, 6.45) is -7.03. The highest BCUT2D eigenvalue weighted by Crippen LogP contribution is 2.39. The molecule has 22 heavy (non-hydrogen) atoms. The summed E-state index contributed by atoms with van der Waals surface area (Å²) in [5.74, 6) is -4.70. The van der Waals surface area contributed by atoms with Crippen molar-refractivity contribution in [1.82, 2.24) is 0 Å². The largest absolute Gasteiger partial charge is 0.462 e. The molecule has 0 radical (unpaired) electrons. The van der Waals surface area contributed by atoms with Crippen molar-refractivity contribution in [3.63, 3.8) is 0 Å². The molecule has 0 spiro atoms. The fourth-order valence-electron chi connectivity index (χ4n) is 1.63. The summed E-state index contributed by atoms with van der Waals surface area (Å²) in [4.78, 5) is 11.8. The Balaban J connectivity index is 4.18. The van der Waals surface area contributed by atoms with Crippen molar-refractivity contribution >= 4 is 17.7 Å². The van der Waals surface area contributed by atoms with E-state index < -0.39 is 23.8 Å².